The van der Waals surface area contributed by atoms with Gasteiger partial charge in [-0.1, -0.05) is 0 Å². The van der Waals surface area contributed by atoms with Gasteiger partial charge in [0, 0.05) is 36.8 Å². The lowest BCUT2D eigenvalue weighted by molar-refractivity contribution is -0.121. The molecular weight excluding hydrogens is 338 g/mol. The zero-order valence-electron chi connectivity index (χ0n) is 13.2. The molecule has 0 spiro atoms. The largest absolute Gasteiger partial charge is 0.347 e. The van der Waals surface area contributed by atoms with Gasteiger partial charge in [-0.05, 0) is 52.9 Å². The molecule has 3 aromatic heterocycles. The minimum Gasteiger partial charge on any atom is -0.347 e. The molecule has 0 aliphatic carbocycles. The zero-order valence-corrected chi connectivity index (χ0v) is 14.9. The highest BCUT2D eigenvalue weighted by molar-refractivity contribution is 7.09. The average Bonchev–Trinajstić information content (AvgIpc) is 3.29. The number of rotatable bonds is 8. The molecule has 3 rings (SSSR count). The molecular formula is C18H19N3OS2. The van der Waals surface area contributed by atoms with Gasteiger partial charge in [0.1, 0.15) is 5.01 Å². The van der Waals surface area contributed by atoms with Crippen LogP contribution in [0.3, 0.4) is 0 Å². The molecule has 1 amide bonds. The van der Waals surface area contributed by atoms with Crippen molar-refractivity contribution < 1.29 is 4.79 Å². The molecule has 6 heteroatoms. The third kappa shape index (κ3) is 4.97. The van der Waals surface area contributed by atoms with Crippen molar-refractivity contribution in [2.24, 2.45) is 0 Å². The van der Waals surface area contributed by atoms with E-state index in [2.05, 4.69) is 32.1 Å². The Bertz CT molecular complexity index is 727. The van der Waals surface area contributed by atoms with E-state index in [4.69, 9.17) is 0 Å². The average molecular weight is 358 g/mol. The van der Waals surface area contributed by atoms with Crippen LogP contribution >= 0.6 is 22.7 Å². The van der Waals surface area contributed by atoms with E-state index >= 15 is 0 Å². The maximum atomic E-state index is 12.3. The van der Waals surface area contributed by atoms with E-state index < -0.39 is 0 Å². The summed E-state index contributed by atoms with van der Waals surface area (Å²) in [5.41, 5.74) is 2.45. The fraction of sp³-hybridized carbons (Fsp3) is 0.278. The molecule has 0 bridgehead atoms. The number of hydrogen-bond donors (Lipinski definition) is 1. The summed E-state index contributed by atoms with van der Waals surface area (Å²) in [6, 6.07) is 6.04. The number of thiophene rings is 1. The fourth-order valence-electron chi connectivity index (χ4n) is 2.52. The van der Waals surface area contributed by atoms with Crippen LogP contribution in [0.1, 0.15) is 35.0 Å². The van der Waals surface area contributed by atoms with E-state index in [0.29, 0.717) is 6.42 Å². The Labute approximate surface area is 149 Å². The molecule has 3 heterocycles. The monoisotopic (exact) mass is 357 g/mol. The van der Waals surface area contributed by atoms with Crippen molar-refractivity contribution >= 4 is 28.6 Å². The summed E-state index contributed by atoms with van der Waals surface area (Å²) in [6.07, 6.45) is 8.39. The van der Waals surface area contributed by atoms with Gasteiger partial charge in [-0.3, -0.25) is 9.78 Å². The molecule has 3 aromatic rings. The Balaban J connectivity index is 1.53. The van der Waals surface area contributed by atoms with E-state index in [9.17, 15) is 4.79 Å². The number of amides is 1. The fourth-order valence-corrected chi connectivity index (χ4v) is 3.89. The van der Waals surface area contributed by atoms with E-state index in [0.717, 1.165) is 24.3 Å². The second-order valence-corrected chi connectivity index (χ2v) is 7.24. The number of nitrogens with zero attached hydrogens (tertiary/aromatic N) is 2. The molecule has 0 aromatic carbocycles. The third-order valence-electron chi connectivity index (χ3n) is 3.72. The number of carbonyl (C=O) groups excluding carboxylic acids is 1. The maximum absolute atomic E-state index is 12.3. The normalized spacial score (nSPS) is 12.0. The van der Waals surface area contributed by atoms with Crippen molar-refractivity contribution in [1.82, 2.24) is 15.3 Å². The molecule has 4 nitrogen and oxygen atoms in total. The van der Waals surface area contributed by atoms with E-state index in [-0.39, 0.29) is 11.9 Å². The number of carbonyl (C=O) groups is 1. The predicted octanol–water partition coefficient (Wildman–Crippen LogP) is 4.02. The van der Waals surface area contributed by atoms with Gasteiger partial charge in [-0.25, -0.2) is 4.98 Å². The van der Waals surface area contributed by atoms with Crippen LogP contribution in [0.15, 0.2) is 52.9 Å². The van der Waals surface area contributed by atoms with Gasteiger partial charge in [-0.15, -0.1) is 11.3 Å². The Morgan fingerprint density at radius 2 is 2.00 bits per heavy atom. The molecule has 0 aliphatic rings. The molecule has 0 saturated carbocycles. The van der Waals surface area contributed by atoms with Crippen LogP contribution in [-0.4, -0.2) is 15.9 Å². The van der Waals surface area contributed by atoms with Gasteiger partial charge in [0.15, 0.2) is 0 Å². The van der Waals surface area contributed by atoms with Crippen LogP contribution in [0, 0.1) is 0 Å². The van der Waals surface area contributed by atoms with E-state index in [1.807, 2.05) is 17.5 Å². The maximum Gasteiger partial charge on any atom is 0.220 e. The first kappa shape index (κ1) is 16.8. The highest BCUT2D eigenvalue weighted by atomic mass is 32.1. The van der Waals surface area contributed by atoms with Gasteiger partial charge < -0.3 is 5.32 Å². The second-order valence-electron chi connectivity index (χ2n) is 5.54. The summed E-state index contributed by atoms with van der Waals surface area (Å²) in [4.78, 5) is 20.7. The Kier molecular flexibility index (Phi) is 6.09. The molecule has 24 heavy (non-hydrogen) atoms. The highest BCUT2D eigenvalue weighted by Gasteiger charge is 2.17. The standard InChI is InChI=1S/C18H19N3OS2/c22-17(3-1-2-14-4-7-19-8-5-14)21-16(18-20-9-11-24-18)12-15-6-10-23-13-15/h4-11,13,16H,1-3,12H2,(H,21,22)/t16-/m0/s1. The molecule has 1 N–H and O–H groups in total. The van der Waals surface area contributed by atoms with E-state index in [1.54, 1.807) is 41.3 Å². The number of thiazole rings is 1. The minimum atomic E-state index is -0.0481. The molecule has 0 aliphatic heterocycles. The van der Waals surface area contributed by atoms with Crippen molar-refractivity contribution in [3.8, 4) is 0 Å². The van der Waals surface area contributed by atoms with Crippen molar-refractivity contribution in [3.63, 3.8) is 0 Å². The predicted molar refractivity (Wildman–Crippen MR) is 98.2 cm³/mol. The number of aromatic nitrogens is 2. The second kappa shape index (κ2) is 8.70. The van der Waals surface area contributed by atoms with Crippen LogP contribution < -0.4 is 5.32 Å². The summed E-state index contributed by atoms with van der Waals surface area (Å²) < 4.78 is 0. The van der Waals surface area contributed by atoms with Crippen LogP contribution in [0.25, 0.3) is 0 Å². The van der Waals surface area contributed by atoms with Crippen molar-refractivity contribution in [2.45, 2.75) is 31.7 Å². The molecule has 124 valence electrons. The first-order valence-electron chi connectivity index (χ1n) is 7.90. The number of nitrogens with one attached hydrogen (secondary N) is 1. The summed E-state index contributed by atoms with van der Waals surface area (Å²) in [7, 11) is 0. The lowest BCUT2D eigenvalue weighted by Crippen LogP contribution is -2.29. The SMILES string of the molecule is O=C(CCCc1ccncc1)N[C@@H](Cc1ccsc1)c1nccs1. The molecule has 0 saturated heterocycles. The zero-order chi connectivity index (χ0) is 16.6. The molecule has 0 radical (unpaired) electrons. The lowest BCUT2D eigenvalue weighted by Gasteiger charge is -2.16. The van der Waals surface area contributed by atoms with Gasteiger partial charge in [0.25, 0.3) is 0 Å². The van der Waals surface area contributed by atoms with Gasteiger partial charge in [-0.2, -0.15) is 11.3 Å². The molecule has 0 fully saturated rings. The number of pyridine rings is 1. The quantitative estimate of drug-likeness (QED) is 0.662. The minimum absolute atomic E-state index is 0.0481. The smallest absolute Gasteiger partial charge is 0.220 e. The third-order valence-corrected chi connectivity index (χ3v) is 5.34. The van der Waals surface area contributed by atoms with Gasteiger partial charge >= 0.3 is 0 Å². The molecule has 1 atom stereocenters. The van der Waals surface area contributed by atoms with Crippen molar-refractivity contribution in [3.05, 3.63) is 69.1 Å². The van der Waals surface area contributed by atoms with Crippen LogP contribution in [0.2, 0.25) is 0 Å². The molecule has 0 unspecified atom stereocenters. The highest BCUT2D eigenvalue weighted by Crippen LogP contribution is 2.22. The van der Waals surface area contributed by atoms with Gasteiger partial charge in [0.05, 0.1) is 6.04 Å². The number of hydrogen-bond acceptors (Lipinski definition) is 5. The Morgan fingerprint density at radius 3 is 2.71 bits per heavy atom. The first-order chi connectivity index (χ1) is 11.8. The summed E-state index contributed by atoms with van der Waals surface area (Å²) in [5.74, 6) is 0.0829. The van der Waals surface area contributed by atoms with E-state index in [1.165, 1.54) is 11.1 Å². The number of aryl methyl sites for hydroxylation is 1. The Hall–Kier alpha value is -2.05. The van der Waals surface area contributed by atoms with Crippen LogP contribution in [0.4, 0.5) is 0 Å². The van der Waals surface area contributed by atoms with Crippen molar-refractivity contribution in [2.75, 3.05) is 0 Å². The Morgan fingerprint density at radius 1 is 1.12 bits per heavy atom. The van der Waals surface area contributed by atoms with Crippen molar-refractivity contribution in [1.29, 1.82) is 0 Å². The topological polar surface area (TPSA) is 54.9 Å². The van der Waals surface area contributed by atoms with Gasteiger partial charge in [0.2, 0.25) is 5.91 Å². The summed E-state index contributed by atoms with van der Waals surface area (Å²) >= 11 is 3.26. The van der Waals surface area contributed by atoms with Crippen LogP contribution in [0.5, 0.6) is 0 Å². The first-order valence-corrected chi connectivity index (χ1v) is 9.72. The lowest BCUT2D eigenvalue weighted by atomic mass is 10.1. The van der Waals surface area contributed by atoms with Crippen LogP contribution in [-0.2, 0) is 17.6 Å². The summed E-state index contributed by atoms with van der Waals surface area (Å²) in [5, 5.41) is 10.2. The summed E-state index contributed by atoms with van der Waals surface area (Å²) in [6.45, 7) is 0.